The van der Waals surface area contributed by atoms with E-state index in [-0.39, 0.29) is 0 Å². The lowest BCUT2D eigenvalue weighted by molar-refractivity contribution is 0.125. The largest absolute Gasteiger partial charge is 0.376 e. The molecule has 0 spiro atoms. The molecule has 1 fully saturated rings. The predicted molar refractivity (Wildman–Crippen MR) is 121 cm³/mol. The van der Waals surface area contributed by atoms with Gasteiger partial charge in [-0.2, -0.15) is 0 Å². The van der Waals surface area contributed by atoms with E-state index in [9.17, 15) is 0 Å². The summed E-state index contributed by atoms with van der Waals surface area (Å²) in [5, 5.41) is 0. The molecule has 0 N–H and O–H groups in total. The minimum Gasteiger partial charge on any atom is -0.376 e. The zero-order chi connectivity index (χ0) is 19.6. The fourth-order valence-electron chi connectivity index (χ4n) is 4.23. The van der Waals surface area contributed by atoms with Crippen LogP contribution in [-0.2, 0) is 11.3 Å². The highest BCUT2D eigenvalue weighted by molar-refractivity contribution is 5.49. The first-order valence-corrected chi connectivity index (χ1v) is 10.8. The number of hydrogen-bond donors (Lipinski definition) is 0. The second kappa shape index (κ2) is 11.0. The molecule has 0 saturated heterocycles. The maximum absolute atomic E-state index is 5.74. The van der Waals surface area contributed by atoms with Crippen molar-refractivity contribution < 1.29 is 4.74 Å². The second-order valence-corrected chi connectivity index (χ2v) is 7.87. The van der Waals surface area contributed by atoms with Gasteiger partial charge in [0, 0.05) is 0 Å². The van der Waals surface area contributed by atoms with Gasteiger partial charge in [-0.15, -0.1) is 0 Å². The Morgan fingerprint density at radius 2 is 1.36 bits per heavy atom. The van der Waals surface area contributed by atoms with Crippen molar-refractivity contribution in [1.82, 2.24) is 0 Å². The minimum absolute atomic E-state index is 0.711. The van der Waals surface area contributed by atoms with E-state index in [2.05, 4.69) is 79.8 Å². The summed E-state index contributed by atoms with van der Waals surface area (Å²) in [7, 11) is 0. The minimum atomic E-state index is 0.711. The van der Waals surface area contributed by atoms with Crippen LogP contribution in [0.15, 0.2) is 66.8 Å². The molecule has 1 heteroatoms. The van der Waals surface area contributed by atoms with Crippen molar-refractivity contribution in [3.63, 3.8) is 0 Å². The van der Waals surface area contributed by atoms with Gasteiger partial charge in [0.1, 0.15) is 0 Å². The van der Waals surface area contributed by atoms with Crippen LogP contribution in [0, 0.1) is 0 Å². The topological polar surface area (TPSA) is 9.23 Å². The Balaban J connectivity index is 1.47. The van der Waals surface area contributed by atoms with Gasteiger partial charge in [0.25, 0.3) is 0 Å². The van der Waals surface area contributed by atoms with Crippen LogP contribution in [-0.4, -0.2) is 6.61 Å². The summed E-state index contributed by atoms with van der Waals surface area (Å²) in [6, 6.07) is 18.3. The highest BCUT2D eigenvalue weighted by Crippen LogP contribution is 2.40. The van der Waals surface area contributed by atoms with Crippen LogP contribution in [0.1, 0.15) is 80.0 Å². The molecular weight excluding hydrogens is 340 g/mol. The van der Waals surface area contributed by atoms with Gasteiger partial charge >= 0.3 is 0 Å². The third-order valence-electron chi connectivity index (χ3n) is 5.88. The Bertz CT molecular complexity index is 744. The monoisotopic (exact) mass is 374 g/mol. The van der Waals surface area contributed by atoms with Crippen molar-refractivity contribution in [2.24, 2.45) is 0 Å². The van der Waals surface area contributed by atoms with E-state index in [1.54, 1.807) is 0 Å². The van der Waals surface area contributed by atoms with Crippen LogP contribution < -0.4 is 0 Å². The molecule has 28 heavy (non-hydrogen) atoms. The van der Waals surface area contributed by atoms with Crippen molar-refractivity contribution in [3.05, 3.63) is 89.0 Å². The van der Waals surface area contributed by atoms with Gasteiger partial charge in [-0.05, 0) is 80.0 Å². The molecule has 0 heterocycles. The average molecular weight is 375 g/mol. The standard InChI is InChI=1S/C27H34O/c1-3-5-6-20-28-21-23-10-14-25(15-11-23)27-18-16-26(17-19-27)24-12-8-22(7-4-2)9-13-24/h3-5,7-15,26-27H,6,16-21H2,1-2H3/t26-,27-. The SMILES string of the molecule is CC=CCCOCc1ccc([C@H]2CC[C@H](c3ccc(C=CC)cc3)CC2)cc1. The van der Waals surface area contributed by atoms with E-state index in [4.69, 9.17) is 4.74 Å². The normalized spacial score (nSPS) is 20.2. The smallest absolute Gasteiger partial charge is 0.0717 e. The fourth-order valence-corrected chi connectivity index (χ4v) is 4.23. The number of rotatable bonds is 8. The fraction of sp³-hybridized carbons (Fsp3) is 0.407. The maximum Gasteiger partial charge on any atom is 0.0717 e. The van der Waals surface area contributed by atoms with Crippen LogP contribution in [0.3, 0.4) is 0 Å². The lowest BCUT2D eigenvalue weighted by Gasteiger charge is -2.29. The van der Waals surface area contributed by atoms with Crippen LogP contribution in [0.2, 0.25) is 0 Å². The molecule has 0 unspecified atom stereocenters. The molecule has 0 atom stereocenters. The van der Waals surface area contributed by atoms with E-state index in [0.717, 1.165) is 18.9 Å². The Labute approximate surface area is 171 Å². The summed E-state index contributed by atoms with van der Waals surface area (Å²) in [4.78, 5) is 0. The predicted octanol–water partition coefficient (Wildman–Crippen LogP) is 7.64. The van der Waals surface area contributed by atoms with Gasteiger partial charge in [0.15, 0.2) is 0 Å². The number of ether oxygens (including phenoxy) is 1. The summed E-state index contributed by atoms with van der Waals surface area (Å²) in [6.07, 6.45) is 14.7. The van der Waals surface area contributed by atoms with Gasteiger partial charge in [-0.1, -0.05) is 72.8 Å². The Morgan fingerprint density at radius 1 is 0.786 bits per heavy atom. The summed E-state index contributed by atoms with van der Waals surface area (Å²) in [6.45, 7) is 5.63. The van der Waals surface area contributed by atoms with E-state index in [1.807, 2.05) is 6.92 Å². The molecule has 148 valence electrons. The van der Waals surface area contributed by atoms with Crippen molar-refractivity contribution in [1.29, 1.82) is 0 Å². The molecule has 0 amide bonds. The lowest BCUT2D eigenvalue weighted by atomic mass is 9.76. The quantitative estimate of drug-likeness (QED) is 0.341. The van der Waals surface area contributed by atoms with E-state index in [1.165, 1.54) is 47.9 Å². The first kappa shape index (κ1) is 20.6. The molecule has 2 aromatic carbocycles. The zero-order valence-corrected chi connectivity index (χ0v) is 17.4. The summed E-state index contributed by atoms with van der Waals surface area (Å²) >= 11 is 0. The molecule has 0 bridgehead atoms. The molecule has 0 radical (unpaired) electrons. The average Bonchev–Trinajstić information content (AvgIpc) is 2.75. The van der Waals surface area contributed by atoms with Crippen LogP contribution in [0.4, 0.5) is 0 Å². The van der Waals surface area contributed by atoms with Crippen molar-refractivity contribution >= 4 is 6.08 Å². The molecular formula is C27H34O. The molecule has 1 aliphatic rings. The maximum atomic E-state index is 5.74. The van der Waals surface area contributed by atoms with Crippen LogP contribution in [0.5, 0.6) is 0 Å². The number of benzene rings is 2. The Kier molecular flexibility index (Phi) is 8.11. The highest BCUT2D eigenvalue weighted by Gasteiger charge is 2.23. The summed E-state index contributed by atoms with van der Waals surface area (Å²) in [5.74, 6) is 1.43. The molecule has 0 aromatic heterocycles. The number of hydrogen-bond acceptors (Lipinski definition) is 1. The second-order valence-electron chi connectivity index (χ2n) is 7.87. The van der Waals surface area contributed by atoms with E-state index < -0.39 is 0 Å². The van der Waals surface area contributed by atoms with Gasteiger partial charge in [0.2, 0.25) is 0 Å². The van der Waals surface area contributed by atoms with E-state index >= 15 is 0 Å². The van der Waals surface area contributed by atoms with Crippen molar-refractivity contribution in [2.75, 3.05) is 6.61 Å². The van der Waals surface area contributed by atoms with Gasteiger partial charge in [0.05, 0.1) is 13.2 Å². The van der Waals surface area contributed by atoms with Crippen molar-refractivity contribution in [3.8, 4) is 0 Å². The molecule has 1 saturated carbocycles. The van der Waals surface area contributed by atoms with Gasteiger partial charge in [-0.3, -0.25) is 0 Å². The molecule has 1 nitrogen and oxygen atoms in total. The van der Waals surface area contributed by atoms with Gasteiger partial charge in [-0.25, -0.2) is 0 Å². The third-order valence-corrected chi connectivity index (χ3v) is 5.88. The number of allylic oxidation sites excluding steroid dienone is 2. The molecule has 1 aliphatic carbocycles. The third kappa shape index (κ3) is 5.94. The first-order chi connectivity index (χ1) is 13.8. The zero-order valence-electron chi connectivity index (χ0n) is 17.4. The molecule has 0 aliphatic heterocycles. The highest BCUT2D eigenvalue weighted by atomic mass is 16.5. The van der Waals surface area contributed by atoms with Gasteiger partial charge < -0.3 is 4.74 Å². The summed E-state index contributed by atoms with van der Waals surface area (Å²) in [5.41, 5.74) is 5.58. The van der Waals surface area contributed by atoms with Crippen molar-refractivity contribution in [2.45, 2.75) is 64.4 Å². The summed E-state index contributed by atoms with van der Waals surface area (Å²) < 4.78 is 5.74. The lowest BCUT2D eigenvalue weighted by Crippen LogP contribution is -2.12. The van der Waals surface area contributed by atoms with Crippen LogP contribution >= 0.6 is 0 Å². The Hall–Kier alpha value is -2.12. The van der Waals surface area contributed by atoms with E-state index in [0.29, 0.717) is 12.5 Å². The molecule has 3 rings (SSSR count). The molecule has 2 aromatic rings. The first-order valence-electron chi connectivity index (χ1n) is 10.8. The van der Waals surface area contributed by atoms with Crippen LogP contribution in [0.25, 0.3) is 6.08 Å². The Morgan fingerprint density at radius 3 is 1.89 bits per heavy atom.